The third kappa shape index (κ3) is 3.66. The molecule has 9 rings (SSSR count). The van der Waals surface area contributed by atoms with Crippen molar-refractivity contribution in [2.75, 3.05) is 0 Å². The van der Waals surface area contributed by atoms with Gasteiger partial charge in [0, 0.05) is 43.8 Å². The summed E-state index contributed by atoms with van der Waals surface area (Å²) in [5.41, 5.74) is 6.45. The molecule has 200 valence electrons. The van der Waals surface area contributed by atoms with Crippen molar-refractivity contribution in [3.63, 3.8) is 0 Å². The Hall–Kier alpha value is -5.58. The number of fused-ring (bicyclic) bond motifs is 20. The first-order valence-electron chi connectivity index (χ1n) is 13.4. The predicted molar refractivity (Wildman–Crippen MR) is 168 cm³/mol. The van der Waals surface area contributed by atoms with Gasteiger partial charge in [-0.15, -0.1) is 0 Å². The van der Waals surface area contributed by atoms with E-state index in [9.17, 15) is 0 Å². The first kappa shape index (κ1) is 24.2. The van der Waals surface area contributed by atoms with Crippen LogP contribution in [0.4, 0.5) is 0 Å². The van der Waals surface area contributed by atoms with E-state index in [1.807, 2.05) is 97.1 Å². The van der Waals surface area contributed by atoms with Crippen LogP contribution in [-0.4, -0.2) is 55.2 Å². The van der Waals surface area contributed by atoms with Gasteiger partial charge in [0.25, 0.3) is 0 Å². The van der Waals surface area contributed by atoms with E-state index in [0.29, 0.717) is 56.4 Å². The minimum absolute atomic E-state index is 0.306. The van der Waals surface area contributed by atoms with E-state index >= 15 is 0 Å². The minimum Gasteiger partial charge on any atom is -0.442 e. The number of nitrogens with zero attached hydrogens (tertiary/aromatic N) is 6. The lowest BCUT2D eigenvalue weighted by Crippen LogP contribution is -1.82. The van der Waals surface area contributed by atoms with Gasteiger partial charge in [-0.1, -0.05) is 97.1 Å². The van der Waals surface area contributed by atoms with Gasteiger partial charge in [0.05, 0.1) is 0 Å². The van der Waals surface area contributed by atoms with Gasteiger partial charge in [-0.05, 0) is 0 Å². The molecule has 9 nitrogen and oxygen atoms in total. The first-order valence-corrected chi connectivity index (χ1v) is 14.3. The number of H-pyrrole nitrogens is 2. The molecule has 2 aliphatic heterocycles. The van der Waals surface area contributed by atoms with Crippen LogP contribution in [0.15, 0.2) is 97.1 Å². The standard InChI is InChI=1S/C32H18N8.H4OSi/c1-2-10-18-17(9-1)25-33-26(18)38-28-21-13-5-6-14-22(21)30(35-28)40-32-24-16-8-7-15-23(24)31(36-32)39-29-20-12-4-3-11-19(20)27(34-29)37-25;1-2/h1-16H,(H2,33,34,35,36,37,38,39,40);1H,2H3. The van der Waals surface area contributed by atoms with E-state index in [1.165, 1.54) is 0 Å². The molecule has 0 saturated heterocycles. The van der Waals surface area contributed by atoms with Crippen molar-refractivity contribution in [3.05, 3.63) is 97.1 Å². The SMILES string of the molecule is O[SiH3].c1ccc2c(c1)-c1nc-2nc2[nH]c(nc3nc(nc4[nH]c(n1)c1ccccc41)-c1ccccc1-3)c1ccccc21. The molecule has 7 aromatic rings. The average Bonchev–Trinajstić information content (AvgIpc) is 3.78. The molecule has 3 N–H and O–H groups in total. The Kier molecular flexibility index (Phi) is 5.49. The lowest BCUT2D eigenvalue weighted by atomic mass is 10.1. The summed E-state index contributed by atoms with van der Waals surface area (Å²) in [7, 11) is 0.306. The van der Waals surface area contributed by atoms with Gasteiger partial charge >= 0.3 is 0 Å². The van der Waals surface area contributed by atoms with E-state index in [4.69, 9.17) is 34.7 Å². The van der Waals surface area contributed by atoms with Gasteiger partial charge in [-0.25, -0.2) is 29.9 Å². The summed E-state index contributed by atoms with van der Waals surface area (Å²) in [6.07, 6.45) is 0. The summed E-state index contributed by atoms with van der Waals surface area (Å²) in [5, 5.41) is 3.82. The summed E-state index contributed by atoms with van der Waals surface area (Å²) in [5.74, 6) is 2.39. The monoisotopic (exact) mass is 562 g/mol. The van der Waals surface area contributed by atoms with Crippen LogP contribution in [0.2, 0.25) is 0 Å². The topological polar surface area (TPSA) is 129 Å². The van der Waals surface area contributed by atoms with Crippen molar-refractivity contribution >= 4 is 54.6 Å². The quantitative estimate of drug-likeness (QED) is 0.219. The van der Waals surface area contributed by atoms with Gasteiger partial charge in [0.2, 0.25) is 0 Å². The molecule has 4 aromatic carbocycles. The number of nitrogens with one attached hydrogen (secondary N) is 2. The molecular formula is C32H22N8OSi. The highest BCUT2D eigenvalue weighted by atomic mass is 28.2. The van der Waals surface area contributed by atoms with Crippen LogP contribution < -0.4 is 0 Å². The van der Waals surface area contributed by atoms with Crippen LogP contribution in [0.5, 0.6) is 0 Å². The lowest BCUT2D eigenvalue weighted by molar-refractivity contribution is 0.629. The molecule has 5 heterocycles. The zero-order chi connectivity index (χ0) is 28.2. The second-order valence-corrected chi connectivity index (χ2v) is 9.79. The zero-order valence-corrected chi connectivity index (χ0v) is 24.4. The Bertz CT molecular complexity index is 2040. The molecular weight excluding hydrogens is 540 g/mol. The summed E-state index contributed by atoms with van der Waals surface area (Å²) in [4.78, 5) is 43.9. The first-order chi connectivity index (χ1) is 20.8. The fraction of sp³-hybridized carbons (Fsp3) is 0. The summed E-state index contributed by atoms with van der Waals surface area (Å²) in [6, 6.07) is 32.2. The van der Waals surface area contributed by atoms with Gasteiger partial charge in [0.15, 0.2) is 23.3 Å². The number of benzene rings is 4. The number of rotatable bonds is 0. The van der Waals surface area contributed by atoms with Crippen molar-refractivity contribution in [1.82, 2.24) is 39.9 Å². The molecule has 10 heteroatoms. The fourth-order valence-corrected chi connectivity index (χ4v) is 5.59. The van der Waals surface area contributed by atoms with Gasteiger partial charge in [-0.2, -0.15) is 0 Å². The van der Waals surface area contributed by atoms with Crippen molar-refractivity contribution in [2.45, 2.75) is 0 Å². The van der Waals surface area contributed by atoms with Crippen LogP contribution in [0.25, 0.3) is 89.7 Å². The second kappa shape index (κ2) is 9.51. The highest BCUT2D eigenvalue weighted by molar-refractivity contribution is 6.06. The van der Waals surface area contributed by atoms with Gasteiger partial charge in [-0.3, -0.25) is 0 Å². The van der Waals surface area contributed by atoms with Crippen molar-refractivity contribution in [2.24, 2.45) is 0 Å². The van der Waals surface area contributed by atoms with Crippen LogP contribution >= 0.6 is 0 Å². The summed E-state index contributed by atoms with van der Waals surface area (Å²) >= 11 is 0. The van der Waals surface area contributed by atoms with E-state index < -0.39 is 0 Å². The Morgan fingerprint density at radius 1 is 0.357 bits per heavy atom. The molecule has 0 spiro atoms. The molecule has 0 radical (unpaired) electrons. The number of hydrogen-bond acceptors (Lipinski definition) is 7. The third-order valence-electron chi connectivity index (χ3n) is 7.46. The highest BCUT2D eigenvalue weighted by Gasteiger charge is 2.21. The smallest absolute Gasteiger partial charge is 0.164 e. The number of aromatic nitrogens is 8. The molecule has 0 saturated carbocycles. The molecule has 42 heavy (non-hydrogen) atoms. The maximum absolute atomic E-state index is 7.14. The maximum Gasteiger partial charge on any atom is 0.164 e. The van der Waals surface area contributed by atoms with Crippen LogP contribution in [0.3, 0.4) is 0 Å². The van der Waals surface area contributed by atoms with Crippen molar-refractivity contribution in [1.29, 1.82) is 0 Å². The molecule has 0 unspecified atom stereocenters. The highest BCUT2D eigenvalue weighted by Crippen LogP contribution is 2.36. The Balaban J connectivity index is 0.00000131. The maximum atomic E-state index is 7.14. The van der Waals surface area contributed by atoms with E-state index in [-0.39, 0.29) is 0 Å². The minimum atomic E-state index is 0.306. The van der Waals surface area contributed by atoms with E-state index in [1.54, 1.807) is 0 Å². The summed E-state index contributed by atoms with van der Waals surface area (Å²) < 4.78 is 0. The molecule has 0 atom stereocenters. The van der Waals surface area contributed by atoms with Crippen LogP contribution in [0, 0.1) is 0 Å². The van der Waals surface area contributed by atoms with E-state index in [2.05, 4.69) is 9.97 Å². The molecule has 0 amide bonds. The molecule has 2 aliphatic rings. The predicted octanol–water partition coefficient (Wildman–Crippen LogP) is 5.13. The average molecular weight is 563 g/mol. The normalized spacial score (nSPS) is 11.6. The Morgan fingerprint density at radius 3 is 0.857 bits per heavy atom. The molecule has 8 bridgehead atoms. The third-order valence-corrected chi connectivity index (χ3v) is 7.46. The van der Waals surface area contributed by atoms with Crippen LogP contribution in [0.1, 0.15) is 0 Å². The Morgan fingerprint density at radius 2 is 0.595 bits per heavy atom. The zero-order valence-electron chi connectivity index (χ0n) is 22.4. The molecule has 0 aliphatic carbocycles. The number of hydrogen-bond donors (Lipinski definition) is 3. The number of aromatic amines is 2. The van der Waals surface area contributed by atoms with Crippen molar-refractivity contribution in [3.8, 4) is 45.6 Å². The molecule has 0 fully saturated rings. The Labute approximate surface area is 241 Å². The summed E-state index contributed by atoms with van der Waals surface area (Å²) in [6.45, 7) is 0. The van der Waals surface area contributed by atoms with Crippen molar-refractivity contribution < 1.29 is 4.80 Å². The largest absolute Gasteiger partial charge is 0.442 e. The van der Waals surface area contributed by atoms with Crippen LogP contribution in [-0.2, 0) is 0 Å². The molecule has 3 aromatic heterocycles. The second-order valence-electron chi connectivity index (χ2n) is 9.79. The van der Waals surface area contributed by atoms with Gasteiger partial charge < -0.3 is 14.8 Å². The lowest BCUT2D eigenvalue weighted by Gasteiger charge is -1.96. The van der Waals surface area contributed by atoms with E-state index in [0.717, 1.165) is 43.8 Å². The fourth-order valence-electron chi connectivity index (χ4n) is 5.59. The van der Waals surface area contributed by atoms with Gasteiger partial charge in [0.1, 0.15) is 33.1 Å².